The molecule has 15 heavy (non-hydrogen) atoms. The van der Waals surface area contributed by atoms with E-state index in [2.05, 4.69) is 6.07 Å². The minimum atomic E-state index is 0. The summed E-state index contributed by atoms with van der Waals surface area (Å²) in [5, 5.41) is 8.76. The van der Waals surface area contributed by atoms with Crippen molar-refractivity contribution in [2.75, 3.05) is 0 Å². The van der Waals surface area contributed by atoms with Gasteiger partial charge in [0.1, 0.15) is 0 Å². The minimum Gasteiger partial charge on any atom is -0.324 e. The Morgan fingerprint density at radius 2 is 2.13 bits per heavy atom. The highest BCUT2D eigenvalue weighted by molar-refractivity contribution is 5.85. The molecule has 1 aromatic rings. The maximum atomic E-state index is 8.76. The van der Waals surface area contributed by atoms with Gasteiger partial charge in [-0.25, -0.2) is 0 Å². The molecule has 1 aliphatic rings. The first-order chi connectivity index (χ1) is 6.81. The van der Waals surface area contributed by atoms with Crippen LogP contribution in [0.1, 0.15) is 36.4 Å². The van der Waals surface area contributed by atoms with Gasteiger partial charge in [-0.2, -0.15) is 5.26 Å². The molecule has 1 atom stereocenters. The average Bonchev–Trinajstić information content (AvgIpc) is 2.15. The van der Waals surface area contributed by atoms with Crippen molar-refractivity contribution in [1.29, 1.82) is 5.26 Å². The Hall–Kier alpha value is -1.04. The van der Waals surface area contributed by atoms with Gasteiger partial charge < -0.3 is 5.73 Å². The Balaban J connectivity index is 0.00000112. The first-order valence-electron chi connectivity index (χ1n) is 5.07. The molecule has 2 nitrogen and oxygen atoms in total. The number of nitriles is 1. The fraction of sp³-hybridized carbons (Fsp3) is 0.417. The molecule has 0 saturated heterocycles. The first kappa shape index (κ1) is 12.0. The van der Waals surface area contributed by atoms with Crippen molar-refractivity contribution < 1.29 is 0 Å². The summed E-state index contributed by atoms with van der Waals surface area (Å²) in [7, 11) is 0. The molecule has 1 aromatic carbocycles. The van der Waals surface area contributed by atoms with Crippen LogP contribution in [0.4, 0.5) is 0 Å². The Morgan fingerprint density at radius 1 is 1.40 bits per heavy atom. The molecular weight excluding hydrogens is 208 g/mol. The van der Waals surface area contributed by atoms with Crippen molar-refractivity contribution in [1.82, 2.24) is 0 Å². The van der Waals surface area contributed by atoms with E-state index in [-0.39, 0.29) is 18.4 Å². The molecule has 80 valence electrons. The van der Waals surface area contributed by atoms with Crippen LogP contribution in [0, 0.1) is 17.2 Å². The summed E-state index contributed by atoms with van der Waals surface area (Å²) < 4.78 is 0. The lowest BCUT2D eigenvalue weighted by Gasteiger charge is -2.31. The Bertz CT molecular complexity index is 366. The van der Waals surface area contributed by atoms with E-state index in [1.165, 1.54) is 19.3 Å². The van der Waals surface area contributed by atoms with E-state index in [1.54, 1.807) is 0 Å². The van der Waals surface area contributed by atoms with E-state index in [0.717, 1.165) is 5.56 Å². The number of nitrogens with two attached hydrogens (primary N) is 1. The molecule has 2 N–H and O–H groups in total. The second kappa shape index (κ2) is 5.16. The summed E-state index contributed by atoms with van der Waals surface area (Å²) in [5.74, 6) is 0.629. The Morgan fingerprint density at radius 3 is 2.67 bits per heavy atom. The molecule has 0 radical (unpaired) electrons. The fourth-order valence-corrected chi connectivity index (χ4v) is 1.89. The van der Waals surface area contributed by atoms with E-state index in [1.807, 2.05) is 24.3 Å². The highest BCUT2D eigenvalue weighted by Gasteiger charge is 2.25. The first-order valence-corrected chi connectivity index (χ1v) is 5.07. The monoisotopic (exact) mass is 222 g/mol. The average molecular weight is 223 g/mol. The summed E-state index contributed by atoms with van der Waals surface area (Å²) in [4.78, 5) is 0. The fourth-order valence-electron chi connectivity index (χ4n) is 1.89. The standard InChI is InChI=1S/C12H14N2.ClH/c13-8-9-3-1-6-11(7-9)12(14)10-4-2-5-10;/h1,3,6-7,10,12H,2,4-5,14H2;1H/t12-;/m1./s1. The van der Waals surface area contributed by atoms with Crippen LogP contribution in [-0.2, 0) is 0 Å². The minimum absolute atomic E-state index is 0. The molecule has 0 bridgehead atoms. The molecule has 2 rings (SSSR count). The van der Waals surface area contributed by atoms with Crippen molar-refractivity contribution in [3.05, 3.63) is 35.4 Å². The predicted molar refractivity (Wildman–Crippen MR) is 62.7 cm³/mol. The third-order valence-corrected chi connectivity index (χ3v) is 3.06. The van der Waals surface area contributed by atoms with E-state index in [9.17, 15) is 0 Å². The van der Waals surface area contributed by atoms with Gasteiger partial charge in [0.2, 0.25) is 0 Å². The third-order valence-electron chi connectivity index (χ3n) is 3.06. The molecule has 1 fully saturated rings. The van der Waals surface area contributed by atoms with Gasteiger partial charge >= 0.3 is 0 Å². The highest BCUT2D eigenvalue weighted by atomic mass is 35.5. The zero-order chi connectivity index (χ0) is 9.97. The van der Waals surface area contributed by atoms with E-state index < -0.39 is 0 Å². The van der Waals surface area contributed by atoms with Crippen molar-refractivity contribution >= 4 is 12.4 Å². The molecule has 1 saturated carbocycles. The second-order valence-electron chi connectivity index (χ2n) is 3.95. The van der Waals surface area contributed by atoms with Gasteiger partial charge in [-0.15, -0.1) is 12.4 Å². The molecule has 0 aliphatic heterocycles. The van der Waals surface area contributed by atoms with Crippen LogP contribution in [-0.4, -0.2) is 0 Å². The number of halogens is 1. The van der Waals surface area contributed by atoms with Gasteiger partial charge in [-0.3, -0.25) is 0 Å². The third kappa shape index (κ3) is 2.50. The van der Waals surface area contributed by atoms with Gasteiger partial charge in [0.15, 0.2) is 0 Å². The number of nitrogens with zero attached hydrogens (tertiary/aromatic N) is 1. The van der Waals surface area contributed by atoms with Crippen LogP contribution in [0.5, 0.6) is 0 Å². The molecule has 3 heteroatoms. The topological polar surface area (TPSA) is 49.8 Å². The molecule has 0 amide bonds. The largest absolute Gasteiger partial charge is 0.324 e. The lowest BCUT2D eigenvalue weighted by atomic mass is 9.77. The van der Waals surface area contributed by atoms with E-state index in [0.29, 0.717) is 11.5 Å². The Labute approximate surface area is 96.5 Å². The number of hydrogen-bond acceptors (Lipinski definition) is 2. The molecule has 0 aromatic heterocycles. The Kier molecular flexibility index (Phi) is 4.14. The van der Waals surface area contributed by atoms with Crippen LogP contribution < -0.4 is 5.73 Å². The number of rotatable bonds is 2. The van der Waals surface area contributed by atoms with E-state index in [4.69, 9.17) is 11.0 Å². The summed E-state index contributed by atoms with van der Waals surface area (Å²) in [6, 6.07) is 9.91. The highest BCUT2D eigenvalue weighted by Crippen LogP contribution is 2.36. The van der Waals surface area contributed by atoms with Crippen molar-refractivity contribution in [3.8, 4) is 6.07 Å². The van der Waals surface area contributed by atoms with Gasteiger partial charge in [-0.05, 0) is 36.5 Å². The maximum absolute atomic E-state index is 8.76. The van der Waals surface area contributed by atoms with Crippen LogP contribution in [0.3, 0.4) is 0 Å². The summed E-state index contributed by atoms with van der Waals surface area (Å²) in [6.45, 7) is 0. The van der Waals surface area contributed by atoms with Crippen LogP contribution in [0.2, 0.25) is 0 Å². The molecular formula is C12H15ClN2. The van der Waals surface area contributed by atoms with Crippen LogP contribution in [0.15, 0.2) is 24.3 Å². The quantitative estimate of drug-likeness (QED) is 0.837. The predicted octanol–water partition coefficient (Wildman–Crippen LogP) is 2.78. The summed E-state index contributed by atoms with van der Waals surface area (Å²) in [6.07, 6.45) is 3.77. The van der Waals surface area contributed by atoms with E-state index >= 15 is 0 Å². The van der Waals surface area contributed by atoms with Gasteiger partial charge in [0.05, 0.1) is 11.6 Å². The van der Waals surface area contributed by atoms with Gasteiger partial charge in [-0.1, -0.05) is 18.6 Å². The number of hydrogen-bond donors (Lipinski definition) is 1. The van der Waals surface area contributed by atoms with Crippen molar-refractivity contribution in [3.63, 3.8) is 0 Å². The van der Waals surface area contributed by atoms with Crippen molar-refractivity contribution in [2.45, 2.75) is 25.3 Å². The zero-order valence-electron chi connectivity index (χ0n) is 8.52. The SMILES string of the molecule is Cl.N#Cc1cccc([C@H](N)C2CCC2)c1. The summed E-state index contributed by atoms with van der Waals surface area (Å²) in [5.41, 5.74) is 7.93. The molecule has 1 aliphatic carbocycles. The molecule has 0 heterocycles. The molecule has 0 unspecified atom stereocenters. The van der Waals surface area contributed by atoms with Gasteiger partial charge in [0.25, 0.3) is 0 Å². The smallest absolute Gasteiger partial charge is 0.0991 e. The second-order valence-corrected chi connectivity index (χ2v) is 3.95. The van der Waals surface area contributed by atoms with Gasteiger partial charge in [0, 0.05) is 6.04 Å². The van der Waals surface area contributed by atoms with Crippen LogP contribution in [0.25, 0.3) is 0 Å². The molecule has 0 spiro atoms. The lowest BCUT2D eigenvalue weighted by molar-refractivity contribution is 0.264. The normalized spacial score (nSPS) is 17.1. The lowest BCUT2D eigenvalue weighted by Crippen LogP contribution is -2.26. The van der Waals surface area contributed by atoms with Crippen molar-refractivity contribution in [2.24, 2.45) is 11.7 Å². The maximum Gasteiger partial charge on any atom is 0.0991 e. The summed E-state index contributed by atoms with van der Waals surface area (Å²) >= 11 is 0. The number of benzene rings is 1. The zero-order valence-corrected chi connectivity index (χ0v) is 9.33. The van der Waals surface area contributed by atoms with Crippen LogP contribution >= 0.6 is 12.4 Å².